The first kappa shape index (κ1) is 12.1. The second kappa shape index (κ2) is 4.19. The first-order chi connectivity index (χ1) is 10.1. The zero-order valence-corrected chi connectivity index (χ0v) is 12.3. The van der Waals surface area contributed by atoms with Crippen LogP contribution in [0.25, 0.3) is 22.5 Å². The van der Waals surface area contributed by atoms with E-state index in [-0.39, 0.29) is 0 Å². The molecule has 2 heterocycles. The third kappa shape index (κ3) is 1.69. The van der Waals surface area contributed by atoms with Crippen molar-refractivity contribution in [2.24, 2.45) is 0 Å². The molecule has 0 aliphatic heterocycles. The summed E-state index contributed by atoms with van der Waals surface area (Å²) in [5.74, 6) is 1.80. The van der Waals surface area contributed by atoms with Crippen LogP contribution in [0.4, 0.5) is 0 Å². The van der Waals surface area contributed by atoms with Crippen molar-refractivity contribution in [2.75, 3.05) is 0 Å². The van der Waals surface area contributed by atoms with E-state index in [0.29, 0.717) is 0 Å². The van der Waals surface area contributed by atoms with E-state index in [1.807, 2.05) is 41.9 Å². The normalized spacial score (nSPS) is 11.6. The minimum Gasteiger partial charge on any atom is -0.263 e. The molecule has 0 bridgehead atoms. The van der Waals surface area contributed by atoms with Crippen LogP contribution in [0.3, 0.4) is 0 Å². The van der Waals surface area contributed by atoms with Crippen LogP contribution in [0.1, 0.15) is 17.0 Å². The maximum absolute atomic E-state index is 4.78. The number of rotatable bonds is 1. The monoisotopic (exact) mass is 276 g/mol. The number of para-hydroxylation sites is 1. The van der Waals surface area contributed by atoms with Crippen LogP contribution in [-0.2, 0) is 0 Å². The van der Waals surface area contributed by atoms with Crippen LogP contribution in [0, 0.1) is 20.8 Å². The van der Waals surface area contributed by atoms with Gasteiger partial charge in [0.2, 0.25) is 5.78 Å². The van der Waals surface area contributed by atoms with Crippen molar-refractivity contribution in [1.82, 2.24) is 19.2 Å². The van der Waals surface area contributed by atoms with Gasteiger partial charge in [0, 0.05) is 0 Å². The van der Waals surface area contributed by atoms with Gasteiger partial charge in [-0.2, -0.15) is 9.78 Å². The maximum atomic E-state index is 4.78. The number of benzene rings is 2. The Labute approximate surface area is 122 Å². The third-order valence-corrected chi connectivity index (χ3v) is 4.01. The summed E-state index contributed by atoms with van der Waals surface area (Å²) in [6.07, 6.45) is 0. The van der Waals surface area contributed by atoms with Gasteiger partial charge in [-0.1, -0.05) is 18.2 Å². The molecule has 4 heteroatoms. The van der Waals surface area contributed by atoms with Gasteiger partial charge in [-0.05, 0) is 56.2 Å². The minimum absolute atomic E-state index is 0.860. The highest BCUT2D eigenvalue weighted by Gasteiger charge is 2.15. The Morgan fingerprint density at radius 1 is 0.905 bits per heavy atom. The summed E-state index contributed by atoms with van der Waals surface area (Å²) in [7, 11) is 0. The highest BCUT2D eigenvalue weighted by Crippen LogP contribution is 2.23. The van der Waals surface area contributed by atoms with Crippen molar-refractivity contribution >= 4 is 16.8 Å². The third-order valence-electron chi connectivity index (χ3n) is 4.01. The Kier molecular flexibility index (Phi) is 2.42. The van der Waals surface area contributed by atoms with Crippen LogP contribution in [0.15, 0.2) is 42.5 Å². The largest absolute Gasteiger partial charge is 0.263 e. The molecule has 0 spiro atoms. The quantitative estimate of drug-likeness (QED) is 0.532. The maximum Gasteiger partial charge on any atom is 0.238 e. The fourth-order valence-electron chi connectivity index (χ4n) is 2.76. The Morgan fingerprint density at radius 2 is 1.62 bits per heavy atom. The van der Waals surface area contributed by atoms with E-state index in [9.17, 15) is 0 Å². The van der Waals surface area contributed by atoms with Gasteiger partial charge in [-0.15, -0.1) is 0 Å². The SMILES string of the molecule is Cc1cc2nc3n(-c4ccccc4)nc(C)n3c2cc1C. The minimum atomic E-state index is 0.860. The van der Waals surface area contributed by atoms with Crippen LogP contribution < -0.4 is 0 Å². The van der Waals surface area contributed by atoms with E-state index >= 15 is 0 Å². The highest BCUT2D eigenvalue weighted by atomic mass is 15.4. The van der Waals surface area contributed by atoms with E-state index in [2.05, 4.69) is 35.5 Å². The first-order valence-electron chi connectivity index (χ1n) is 7.05. The number of aromatic nitrogens is 4. The standard InChI is InChI=1S/C17H16N4/c1-11-9-15-16(10-12(11)2)20-13(3)19-21(17(20)18-15)14-7-5-4-6-8-14/h4-10H,1-3H3. The molecule has 2 aromatic heterocycles. The molecule has 0 radical (unpaired) electrons. The molecule has 0 saturated heterocycles. The number of nitrogens with zero attached hydrogens (tertiary/aromatic N) is 4. The number of aryl methyl sites for hydroxylation is 3. The molecule has 2 aromatic carbocycles. The lowest BCUT2D eigenvalue weighted by atomic mass is 10.1. The van der Waals surface area contributed by atoms with Crippen LogP contribution in [-0.4, -0.2) is 19.2 Å². The smallest absolute Gasteiger partial charge is 0.238 e. The molecule has 4 aromatic rings. The Morgan fingerprint density at radius 3 is 2.38 bits per heavy atom. The highest BCUT2D eigenvalue weighted by molar-refractivity contribution is 5.82. The second-order valence-corrected chi connectivity index (χ2v) is 5.47. The van der Waals surface area contributed by atoms with E-state index in [1.165, 1.54) is 11.1 Å². The molecule has 0 aliphatic rings. The topological polar surface area (TPSA) is 35.1 Å². The Balaban J connectivity index is 2.12. The summed E-state index contributed by atoms with van der Waals surface area (Å²) >= 11 is 0. The molecule has 4 nitrogen and oxygen atoms in total. The van der Waals surface area contributed by atoms with E-state index in [1.54, 1.807) is 0 Å². The van der Waals surface area contributed by atoms with Crippen LogP contribution >= 0.6 is 0 Å². The lowest BCUT2D eigenvalue weighted by Gasteiger charge is -1.99. The van der Waals surface area contributed by atoms with Gasteiger partial charge < -0.3 is 0 Å². The summed E-state index contributed by atoms with van der Waals surface area (Å²) in [5.41, 5.74) is 5.70. The first-order valence-corrected chi connectivity index (χ1v) is 7.05. The Bertz CT molecular complexity index is 961. The number of hydrogen-bond donors (Lipinski definition) is 0. The molecule has 0 atom stereocenters. The van der Waals surface area contributed by atoms with Crippen molar-refractivity contribution in [2.45, 2.75) is 20.8 Å². The molecule has 21 heavy (non-hydrogen) atoms. The summed E-state index contributed by atoms with van der Waals surface area (Å²) in [6.45, 7) is 6.27. The lowest BCUT2D eigenvalue weighted by Crippen LogP contribution is -1.96. The average molecular weight is 276 g/mol. The summed E-state index contributed by atoms with van der Waals surface area (Å²) in [6, 6.07) is 14.5. The predicted molar refractivity (Wildman–Crippen MR) is 84.0 cm³/mol. The second-order valence-electron chi connectivity index (χ2n) is 5.47. The molecule has 0 N–H and O–H groups in total. The molecule has 0 fully saturated rings. The molecule has 0 aliphatic carbocycles. The van der Waals surface area contributed by atoms with E-state index in [0.717, 1.165) is 28.3 Å². The van der Waals surface area contributed by atoms with Gasteiger partial charge in [0.25, 0.3) is 0 Å². The van der Waals surface area contributed by atoms with Crippen LogP contribution in [0.2, 0.25) is 0 Å². The summed E-state index contributed by atoms with van der Waals surface area (Å²) in [4.78, 5) is 4.78. The van der Waals surface area contributed by atoms with Crippen molar-refractivity contribution in [1.29, 1.82) is 0 Å². The summed E-state index contributed by atoms with van der Waals surface area (Å²) < 4.78 is 4.02. The van der Waals surface area contributed by atoms with Crippen LogP contribution in [0.5, 0.6) is 0 Å². The zero-order chi connectivity index (χ0) is 14.6. The molecule has 4 rings (SSSR count). The molecular weight excluding hydrogens is 260 g/mol. The van der Waals surface area contributed by atoms with Gasteiger partial charge in [0.15, 0.2) is 0 Å². The predicted octanol–water partition coefficient (Wildman–Crippen LogP) is 3.60. The summed E-state index contributed by atoms with van der Waals surface area (Å²) in [5, 5.41) is 4.64. The average Bonchev–Trinajstić information content (AvgIpc) is 2.99. The fraction of sp³-hybridized carbons (Fsp3) is 0.176. The van der Waals surface area contributed by atoms with E-state index < -0.39 is 0 Å². The van der Waals surface area contributed by atoms with Gasteiger partial charge >= 0.3 is 0 Å². The molecule has 0 amide bonds. The fourth-order valence-corrected chi connectivity index (χ4v) is 2.76. The Hall–Kier alpha value is -2.62. The lowest BCUT2D eigenvalue weighted by molar-refractivity contribution is 0.877. The molecule has 104 valence electrons. The van der Waals surface area contributed by atoms with E-state index in [4.69, 9.17) is 4.98 Å². The van der Waals surface area contributed by atoms with Gasteiger partial charge in [0.05, 0.1) is 16.7 Å². The van der Waals surface area contributed by atoms with Crippen molar-refractivity contribution < 1.29 is 0 Å². The number of imidazole rings is 1. The van der Waals surface area contributed by atoms with Gasteiger partial charge in [-0.25, -0.2) is 4.98 Å². The number of fused-ring (bicyclic) bond motifs is 3. The van der Waals surface area contributed by atoms with Gasteiger partial charge in [0.1, 0.15) is 5.82 Å². The molecule has 0 unspecified atom stereocenters. The van der Waals surface area contributed by atoms with Crippen molar-refractivity contribution in [3.63, 3.8) is 0 Å². The molecule has 0 saturated carbocycles. The van der Waals surface area contributed by atoms with Crippen molar-refractivity contribution in [3.05, 3.63) is 59.4 Å². The number of hydrogen-bond acceptors (Lipinski definition) is 2. The molecular formula is C17H16N4. The van der Waals surface area contributed by atoms with Crippen molar-refractivity contribution in [3.8, 4) is 5.69 Å². The van der Waals surface area contributed by atoms with Gasteiger partial charge in [-0.3, -0.25) is 4.40 Å². The zero-order valence-electron chi connectivity index (χ0n) is 12.3.